The molecular weight excluding hydrogens is 266 g/mol. The lowest BCUT2D eigenvalue weighted by atomic mass is 10.2. The van der Waals surface area contributed by atoms with Crippen LogP contribution in [0.2, 0.25) is 0 Å². The first-order chi connectivity index (χ1) is 10.2. The minimum absolute atomic E-state index is 0.521. The van der Waals surface area contributed by atoms with Crippen LogP contribution in [0.15, 0.2) is 10.6 Å². The fourth-order valence-corrected chi connectivity index (χ4v) is 2.21. The molecule has 0 bridgehead atoms. The van der Waals surface area contributed by atoms with Crippen molar-refractivity contribution in [2.75, 3.05) is 17.2 Å². The lowest BCUT2D eigenvalue weighted by molar-refractivity contribution is 0.478. The Morgan fingerprint density at radius 3 is 2.48 bits per heavy atom. The Bertz CT molecular complexity index is 633. The Labute approximate surface area is 124 Å². The van der Waals surface area contributed by atoms with Gasteiger partial charge in [0.25, 0.3) is 0 Å². The molecule has 0 aromatic carbocycles. The van der Waals surface area contributed by atoms with Crippen LogP contribution in [0.4, 0.5) is 11.6 Å². The van der Waals surface area contributed by atoms with Gasteiger partial charge in [0.2, 0.25) is 5.89 Å². The van der Waals surface area contributed by atoms with Crippen molar-refractivity contribution in [1.29, 1.82) is 0 Å². The van der Waals surface area contributed by atoms with Gasteiger partial charge in [0.05, 0.1) is 12.7 Å². The smallest absolute Gasteiger partial charge is 0.213 e. The first kappa shape index (κ1) is 13.9. The highest BCUT2D eigenvalue weighted by molar-refractivity contribution is 5.57. The third kappa shape index (κ3) is 3.15. The van der Waals surface area contributed by atoms with E-state index in [1.165, 1.54) is 12.8 Å². The van der Waals surface area contributed by atoms with Crippen LogP contribution in [0.1, 0.15) is 48.7 Å². The molecule has 2 heterocycles. The summed E-state index contributed by atoms with van der Waals surface area (Å²) in [6.07, 6.45) is 4.10. The van der Waals surface area contributed by atoms with Crippen LogP contribution in [-0.4, -0.2) is 21.5 Å². The van der Waals surface area contributed by atoms with Crippen molar-refractivity contribution >= 4 is 11.6 Å². The minimum Gasteiger partial charge on any atom is -0.444 e. The van der Waals surface area contributed by atoms with E-state index in [-0.39, 0.29) is 0 Å². The second kappa shape index (κ2) is 5.71. The molecule has 1 fully saturated rings. The molecule has 1 aliphatic rings. The number of anilines is 2. The minimum atomic E-state index is 0.521. The molecule has 1 saturated carbocycles. The molecule has 0 atom stereocenters. The second-order valence-corrected chi connectivity index (χ2v) is 5.43. The predicted octanol–water partition coefficient (Wildman–Crippen LogP) is 3.00. The maximum absolute atomic E-state index is 5.48. The molecule has 0 amide bonds. The van der Waals surface area contributed by atoms with E-state index >= 15 is 0 Å². The van der Waals surface area contributed by atoms with Crippen molar-refractivity contribution in [2.45, 2.75) is 46.1 Å². The van der Waals surface area contributed by atoms with Gasteiger partial charge in [0.15, 0.2) is 0 Å². The quantitative estimate of drug-likeness (QED) is 0.850. The number of hydrogen-bond acceptors (Lipinski definition) is 6. The molecule has 112 valence electrons. The summed E-state index contributed by atoms with van der Waals surface area (Å²) in [5.41, 5.74) is 1.03. The maximum atomic E-state index is 5.48. The summed E-state index contributed by atoms with van der Waals surface area (Å²) in [5.74, 6) is 4.72. The highest BCUT2D eigenvalue weighted by Crippen LogP contribution is 2.39. The van der Waals surface area contributed by atoms with Gasteiger partial charge in [-0.1, -0.05) is 0 Å². The molecule has 0 radical (unpaired) electrons. The average Bonchev–Trinajstić information content (AvgIpc) is 3.23. The van der Waals surface area contributed by atoms with E-state index in [1.54, 1.807) is 6.20 Å². The van der Waals surface area contributed by atoms with Crippen molar-refractivity contribution in [3.05, 3.63) is 29.2 Å². The van der Waals surface area contributed by atoms with Crippen LogP contribution in [0.5, 0.6) is 0 Å². The molecule has 21 heavy (non-hydrogen) atoms. The summed E-state index contributed by atoms with van der Waals surface area (Å²) in [6, 6.07) is 0. The van der Waals surface area contributed by atoms with Crippen molar-refractivity contribution in [3.8, 4) is 0 Å². The number of aromatic nitrogens is 3. The fourth-order valence-electron chi connectivity index (χ4n) is 2.21. The molecule has 6 nitrogen and oxygen atoms in total. The number of aryl methyl sites for hydroxylation is 1. The van der Waals surface area contributed by atoms with E-state index < -0.39 is 0 Å². The average molecular weight is 287 g/mol. The molecule has 0 unspecified atom stereocenters. The summed E-state index contributed by atoms with van der Waals surface area (Å²) >= 11 is 0. The maximum Gasteiger partial charge on any atom is 0.213 e. The molecule has 2 N–H and O–H groups in total. The molecule has 2 aromatic heterocycles. The summed E-state index contributed by atoms with van der Waals surface area (Å²) in [4.78, 5) is 13.5. The van der Waals surface area contributed by atoms with Crippen LogP contribution < -0.4 is 10.6 Å². The van der Waals surface area contributed by atoms with E-state index in [2.05, 4.69) is 32.5 Å². The zero-order valence-corrected chi connectivity index (χ0v) is 12.7. The third-order valence-corrected chi connectivity index (χ3v) is 3.53. The van der Waals surface area contributed by atoms with E-state index in [1.807, 2.05) is 13.8 Å². The Hall–Kier alpha value is -2.11. The molecule has 1 aliphatic carbocycles. The highest BCUT2D eigenvalue weighted by Gasteiger charge is 2.28. The van der Waals surface area contributed by atoms with Gasteiger partial charge in [-0.15, -0.1) is 0 Å². The van der Waals surface area contributed by atoms with Crippen LogP contribution in [0.3, 0.4) is 0 Å². The Kier molecular flexibility index (Phi) is 3.77. The number of oxazole rings is 1. The molecule has 0 spiro atoms. The van der Waals surface area contributed by atoms with Crippen LogP contribution in [0.25, 0.3) is 0 Å². The molecule has 6 heteroatoms. The molecule has 3 rings (SSSR count). The van der Waals surface area contributed by atoms with Gasteiger partial charge >= 0.3 is 0 Å². The number of rotatable bonds is 6. The molecule has 2 aromatic rings. The number of nitrogens with zero attached hydrogens (tertiary/aromatic N) is 3. The summed E-state index contributed by atoms with van der Waals surface area (Å²) in [6.45, 7) is 7.36. The number of hydrogen-bond donors (Lipinski definition) is 2. The summed E-state index contributed by atoms with van der Waals surface area (Å²) < 4.78 is 5.48. The van der Waals surface area contributed by atoms with Crippen molar-refractivity contribution < 1.29 is 4.42 Å². The first-order valence-electron chi connectivity index (χ1n) is 7.45. The number of nitrogens with one attached hydrogen (secondary N) is 2. The Morgan fingerprint density at radius 2 is 1.90 bits per heavy atom. The van der Waals surface area contributed by atoms with Crippen molar-refractivity contribution in [1.82, 2.24) is 15.0 Å². The molecular formula is C15H21N5O. The zero-order chi connectivity index (χ0) is 14.8. The standard InChI is InChI=1S/C15H21N5O/c1-4-16-13-10(3)14(20-15(19-13)11-5-6-11)18-8-12-17-7-9(2)21-12/h7,11H,4-6,8H2,1-3H3,(H2,16,18,19,20). The van der Waals surface area contributed by atoms with Gasteiger partial charge in [-0.3, -0.25) is 0 Å². The first-order valence-corrected chi connectivity index (χ1v) is 7.45. The lowest BCUT2D eigenvalue weighted by Gasteiger charge is -2.13. The van der Waals surface area contributed by atoms with E-state index in [4.69, 9.17) is 4.42 Å². The SMILES string of the molecule is CCNc1nc(C2CC2)nc(NCc2ncc(C)o2)c1C. The monoisotopic (exact) mass is 287 g/mol. The Morgan fingerprint density at radius 1 is 1.19 bits per heavy atom. The topological polar surface area (TPSA) is 75.9 Å². The fraction of sp³-hybridized carbons (Fsp3) is 0.533. The molecule has 0 saturated heterocycles. The van der Waals surface area contributed by atoms with Gasteiger partial charge in [-0.25, -0.2) is 15.0 Å². The van der Waals surface area contributed by atoms with Gasteiger partial charge in [0.1, 0.15) is 23.2 Å². The molecule has 0 aliphatic heterocycles. The normalized spacial score (nSPS) is 14.2. The lowest BCUT2D eigenvalue weighted by Crippen LogP contribution is -2.11. The van der Waals surface area contributed by atoms with Crippen LogP contribution in [-0.2, 0) is 6.54 Å². The largest absolute Gasteiger partial charge is 0.444 e. The third-order valence-electron chi connectivity index (χ3n) is 3.53. The summed E-state index contributed by atoms with van der Waals surface area (Å²) in [5, 5.41) is 6.63. The van der Waals surface area contributed by atoms with Gasteiger partial charge in [-0.05, 0) is 33.6 Å². The second-order valence-electron chi connectivity index (χ2n) is 5.43. The van der Waals surface area contributed by atoms with Gasteiger partial charge < -0.3 is 15.1 Å². The van der Waals surface area contributed by atoms with Crippen molar-refractivity contribution in [2.24, 2.45) is 0 Å². The Balaban J connectivity index is 1.81. The predicted molar refractivity (Wildman–Crippen MR) is 81.5 cm³/mol. The van der Waals surface area contributed by atoms with E-state index in [0.29, 0.717) is 18.4 Å². The van der Waals surface area contributed by atoms with Crippen LogP contribution >= 0.6 is 0 Å². The van der Waals surface area contributed by atoms with Gasteiger partial charge in [-0.2, -0.15) is 0 Å². The highest BCUT2D eigenvalue weighted by atomic mass is 16.4. The summed E-state index contributed by atoms with van der Waals surface area (Å²) in [7, 11) is 0. The van der Waals surface area contributed by atoms with E-state index in [0.717, 1.165) is 35.3 Å². The zero-order valence-electron chi connectivity index (χ0n) is 12.7. The van der Waals surface area contributed by atoms with E-state index in [9.17, 15) is 0 Å². The van der Waals surface area contributed by atoms with Crippen molar-refractivity contribution in [3.63, 3.8) is 0 Å². The van der Waals surface area contributed by atoms with Gasteiger partial charge in [0, 0.05) is 18.0 Å². The van der Waals surface area contributed by atoms with Crippen LogP contribution in [0, 0.1) is 13.8 Å².